The number of amides is 4. The summed E-state index contributed by atoms with van der Waals surface area (Å²) >= 11 is 0. The van der Waals surface area contributed by atoms with Crippen molar-refractivity contribution in [2.24, 2.45) is 21.7 Å². The van der Waals surface area contributed by atoms with Gasteiger partial charge in [0.2, 0.25) is 23.6 Å². The van der Waals surface area contributed by atoms with E-state index in [0.29, 0.717) is 50.6 Å². The molecule has 4 fully saturated rings. The molecule has 1 aliphatic heterocycles. The number of anilines is 4. The molecule has 0 saturated heterocycles. The third kappa shape index (κ3) is 11.7. The lowest BCUT2D eigenvalue weighted by Crippen LogP contribution is -2.35. The Labute approximate surface area is 527 Å². The molecule has 8 bridgehead atoms. The SMILES string of the molecule is CC1(C(=O)Nc2ccccc2C2=c3ccc([nH]3)=C(c3ccccc3NC(=O)C3(C)CCCCC3)c3cc(CO)c([nH]3)C(c3ccccc3NC(=O)C3(C)CCCCC3)=c3ccc([nH]3)=C(c3ccccc3NC(=O)C3(C)CCCCC3)c3ccc2[nH]3)CCCCC1. The third-order valence-electron chi connectivity index (χ3n) is 21.1. The molecular weight excluding hydrogens is 1120 g/mol. The maximum absolute atomic E-state index is 14.7. The first kappa shape index (κ1) is 60.2. The lowest BCUT2D eigenvalue weighted by atomic mass is 9.75. The number of aromatic amines is 4. The number of H-pyrrole nitrogens is 4. The predicted octanol–water partition coefficient (Wildman–Crippen LogP) is 13.4. The van der Waals surface area contributed by atoms with Gasteiger partial charge in [-0.05, 0) is 118 Å². The Morgan fingerprint density at radius 1 is 0.344 bits per heavy atom. The maximum Gasteiger partial charge on any atom is 0.230 e. The van der Waals surface area contributed by atoms with Crippen molar-refractivity contribution in [2.75, 3.05) is 21.3 Å². The van der Waals surface area contributed by atoms with Gasteiger partial charge in [-0.2, -0.15) is 0 Å². The van der Waals surface area contributed by atoms with Crippen LogP contribution in [0.3, 0.4) is 0 Å². The number of aliphatic hydroxyl groups is 1. The van der Waals surface area contributed by atoms with E-state index in [4.69, 9.17) is 0 Å². The molecule has 0 radical (unpaired) electrons. The Hall–Kier alpha value is -8.68. The summed E-state index contributed by atoms with van der Waals surface area (Å²) in [7, 11) is 0. The van der Waals surface area contributed by atoms with Crippen molar-refractivity contribution in [1.29, 1.82) is 0 Å². The molecule has 90 heavy (non-hydrogen) atoms. The monoisotopic (exact) mass is 1200 g/mol. The van der Waals surface area contributed by atoms with Gasteiger partial charge in [0.1, 0.15) is 0 Å². The first-order chi connectivity index (χ1) is 43.6. The number of para-hydroxylation sites is 4. The average Bonchev–Trinajstić information content (AvgIpc) is 1.72. The van der Waals surface area contributed by atoms with Gasteiger partial charge in [0, 0.05) is 133 Å². The zero-order valence-electron chi connectivity index (χ0n) is 52.7. The van der Waals surface area contributed by atoms with Crippen LogP contribution in [0, 0.1) is 21.7 Å². The van der Waals surface area contributed by atoms with Gasteiger partial charge in [0.05, 0.1) is 12.3 Å². The summed E-state index contributed by atoms with van der Waals surface area (Å²) in [5.41, 5.74) is 10.1. The lowest BCUT2D eigenvalue weighted by Gasteiger charge is -2.32. The summed E-state index contributed by atoms with van der Waals surface area (Å²) in [6.45, 7) is 8.00. The fraction of sp³-hybridized carbons (Fsp3) is 0.377. The summed E-state index contributed by atoms with van der Waals surface area (Å²) in [6, 6.07) is 46.3. The normalized spacial score (nSPS) is 18.5. The minimum absolute atomic E-state index is 0.00000766. The largest absolute Gasteiger partial charge is 0.392 e. The summed E-state index contributed by atoms with van der Waals surface area (Å²) in [6.07, 6.45) is 18.9. The molecule has 5 aliphatic rings. The van der Waals surface area contributed by atoms with Crippen molar-refractivity contribution in [2.45, 2.75) is 163 Å². The predicted molar refractivity (Wildman–Crippen MR) is 359 cm³/mol. The van der Waals surface area contributed by atoms with E-state index in [-0.39, 0.29) is 30.2 Å². The molecule has 8 aromatic rings. The number of aliphatic hydroxyl groups excluding tert-OH is 1. The molecule has 4 amide bonds. The number of fused-ring (bicyclic) bond motifs is 8. The van der Waals surface area contributed by atoms with Gasteiger partial charge in [-0.15, -0.1) is 0 Å². The van der Waals surface area contributed by atoms with E-state index in [9.17, 15) is 24.3 Å². The van der Waals surface area contributed by atoms with Crippen molar-refractivity contribution in [1.82, 2.24) is 19.9 Å². The number of carbonyl (C=O) groups is 4. The first-order valence-electron chi connectivity index (χ1n) is 33.2. The van der Waals surface area contributed by atoms with Gasteiger partial charge in [0.15, 0.2) is 0 Å². The molecule has 4 aliphatic carbocycles. The van der Waals surface area contributed by atoms with E-state index in [2.05, 4.69) is 117 Å². The van der Waals surface area contributed by atoms with Crippen LogP contribution in [0.5, 0.6) is 0 Å². The van der Waals surface area contributed by atoms with Crippen LogP contribution >= 0.6 is 0 Å². The Bertz CT molecular complexity index is 4320. The van der Waals surface area contributed by atoms with Crippen LogP contribution < -0.4 is 42.7 Å². The quantitative estimate of drug-likeness (QED) is 0.0552. The lowest BCUT2D eigenvalue weighted by molar-refractivity contribution is -0.127. The number of hydrogen-bond donors (Lipinski definition) is 9. The Balaban J connectivity index is 1.10. The molecule has 4 aromatic heterocycles. The zero-order chi connectivity index (χ0) is 62.2. The Morgan fingerprint density at radius 3 is 0.933 bits per heavy atom. The maximum atomic E-state index is 14.7. The molecule has 4 saturated carbocycles. The molecule has 9 N–H and O–H groups in total. The van der Waals surface area contributed by atoms with Crippen molar-refractivity contribution in [3.63, 3.8) is 0 Å². The van der Waals surface area contributed by atoms with Crippen LogP contribution in [-0.4, -0.2) is 48.7 Å². The standard InChI is InChI=1S/C77H86N8O5/c1-74(39-17-5-18-40-74)70(87)82-54-29-13-9-25-50(54)65-58-33-34-59(78-58)66(51-26-10-14-30-55(51)83-71(88)75(2)41-19-6-20-42-75)61-37-38-63(80-61)68(53-28-12-16-32-57(53)85-73(90)77(4)45-23-8-24-46-77)69-49(48-86)47-64(81-69)67(62-36-35-60(65)79-62)52-27-11-15-31-56(52)84-72(89)76(3)43-21-7-22-44-76/h9-16,25-38,47,78-81,86H,5-8,17-24,39-46,48H2,1-4H3,(H,82,87)(H,83,88)(H,84,89)(H,85,90). The smallest absolute Gasteiger partial charge is 0.230 e. The van der Waals surface area contributed by atoms with Crippen LogP contribution in [0.2, 0.25) is 0 Å². The number of aromatic nitrogens is 4. The van der Waals surface area contributed by atoms with Crippen molar-refractivity contribution < 1.29 is 24.3 Å². The van der Waals surface area contributed by atoms with Crippen LogP contribution in [0.4, 0.5) is 22.7 Å². The number of benzene rings is 4. The summed E-state index contributed by atoms with van der Waals surface area (Å²) < 4.78 is 0. The number of rotatable bonds is 13. The molecule has 5 heterocycles. The van der Waals surface area contributed by atoms with E-state index >= 15 is 0 Å². The van der Waals surface area contributed by atoms with E-state index in [0.717, 1.165) is 195 Å². The summed E-state index contributed by atoms with van der Waals surface area (Å²) in [5.74, 6) is -0.0455. The van der Waals surface area contributed by atoms with E-state index < -0.39 is 21.7 Å². The minimum Gasteiger partial charge on any atom is -0.392 e. The topological polar surface area (TPSA) is 200 Å². The van der Waals surface area contributed by atoms with Crippen LogP contribution in [0.25, 0.3) is 22.3 Å². The van der Waals surface area contributed by atoms with Crippen LogP contribution in [-0.2, 0) is 25.8 Å². The minimum atomic E-state index is -0.543. The second kappa shape index (κ2) is 24.9. The first-order valence-corrected chi connectivity index (χ1v) is 33.2. The molecule has 0 atom stereocenters. The van der Waals surface area contributed by atoms with Crippen molar-refractivity contribution >= 4 is 68.7 Å². The number of nitrogens with one attached hydrogen (secondary N) is 8. The average molecular weight is 1200 g/mol. The van der Waals surface area contributed by atoms with Gasteiger partial charge < -0.3 is 46.3 Å². The highest BCUT2D eigenvalue weighted by Crippen LogP contribution is 2.43. The second-order valence-corrected chi connectivity index (χ2v) is 27.6. The molecule has 13 rings (SSSR count). The second-order valence-electron chi connectivity index (χ2n) is 27.6. The van der Waals surface area contributed by atoms with Crippen LogP contribution in [0.1, 0.15) is 207 Å². The summed E-state index contributed by atoms with van der Waals surface area (Å²) in [4.78, 5) is 74.4. The molecule has 13 heteroatoms. The molecular formula is C77H86N8O5. The van der Waals surface area contributed by atoms with Gasteiger partial charge in [-0.25, -0.2) is 0 Å². The van der Waals surface area contributed by atoms with Crippen molar-refractivity contribution in [3.05, 3.63) is 212 Å². The number of hydrogen-bond acceptors (Lipinski definition) is 5. The van der Waals surface area contributed by atoms with Crippen molar-refractivity contribution in [3.8, 4) is 0 Å². The molecule has 0 spiro atoms. The van der Waals surface area contributed by atoms with Crippen LogP contribution in [0.15, 0.2) is 140 Å². The van der Waals surface area contributed by atoms with E-state index in [1.807, 2.05) is 91.0 Å². The summed E-state index contributed by atoms with van der Waals surface area (Å²) in [5, 5.41) is 28.5. The zero-order valence-corrected chi connectivity index (χ0v) is 52.7. The van der Waals surface area contributed by atoms with Gasteiger partial charge >= 0.3 is 0 Å². The molecule has 13 nitrogen and oxygen atoms in total. The highest BCUT2D eigenvalue weighted by Gasteiger charge is 2.39. The fourth-order valence-electron chi connectivity index (χ4n) is 15.3. The Kier molecular flexibility index (Phi) is 16.7. The molecule has 4 aromatic carbocycles. The number of carbonyl (C=O) groups excluding carboxylic acids is 4. The van der Waals surface area contributed by atoms with Gasteiger partial charge in [0.25, 0.3) is 0 Å². The fourth-order valence-corrected chi connectivity index (χ4v) is 15.3. The van der Waals surface area contributed by atoms with Gasteiger partial charge in [-0.1, -0.05) is 178 Å². The highest BCUT2D eigenvalue weighted by atomic mass is 16.3. The molecule has 464 valence electrons. The molecule has 0 unspecified atom stereocenters. The van der Waals surface area contributed by atoms with Gasteiger partial charge in [-0.3, -0.25) is 19.2 Å². The Morgan fingerprint density at radius 2 is 0.622 bits per heavy atom. The van der Waals surface area contributed by atoms with E-state index in [1.54, 1.807) is 0 Å². The third-order valence-corrected chi connectivity index (χ3v) is 21.1. The highest BCUT2D eigenvalue weighted by molar-refractivity contribution is 6.03. The van der Waals surface area contributed by atoms with E-state index in [1.165, 1.54) is 0 Å².